The van der Waals surface area contributed by atoms with Crippen LogP contribution in [0.4, 0.5) is 5.69 Å². The van der Waals surface area contributed by atoms with Crippen LogP contribution in [0.1, 0.15) is 45.9 Å². The van der Waals surface area contributed by atoms with Crippen LogP contribution >= 0.6 is 23.8 Å². The molecule has 2 atom stereocenters. The highest BCUT2D eigenvalue weighted by molar-refractivity contribution is 7.80. The Morgan fingerprint density at radius 3 is 2.36 bits per heavy atom. The Kier molecular flexibility index (Phi) is 6.49. The van der Waals surface area contributed by atoms with Crippen molar-refractivity contribution in [3.63, 3.8) is 0 Å². The topological polar surface area (TPSA) is 42.3 Å². The Morgan fingerprint density at radius 2 is 1.72 bits per heavy atom. The van der Waals surface area contributed by atoms with Crippen LogP contribution in [-0.4, -0.2) is 21.8 Å². The highest BCUT2D eigenvalue weighted by Gasteiger charge is 2.42. The first-order valence-electron chi connectivity index (χ1n) is 11.9. The lowest BCUT2D eigenvalue weighted by molar-refractivity contribution is 0.415. The van der Waals surface area contributed by atoms with Crippen LogP contribution in [0.3, 0.4) is 0 Å². The van der Waals surface area contributed by atoms with E-state index in [0.29, 0.717) is 15.9 Å². The van der Waals surface area contributed by atoms with Crippen molar-refractivity contribution in [3.05, 3.63) is 106 Å². The zero-order chi connectivity index (χ0) is 25.6. The Balaban J connectivity index is 1.71. The van der Waals surface area contributed by atoms with Crippen LogP contribution in [-0.2, 0) is 0 Å². The maximum atomic E-state index is 6.55. The molecule has 2 aromatic carbocycles. The van der Waals surface area contributed by atoms with Crippen LogP contribution in [0.15, 0.2) is 66.9 Å². The summed E-state index contributed by atoms with van der Waals surface area (Å²) in [5, 5.41) is 4.72. The number of pyridine rings is 1. The molecule has 1 aliphatic rings. The average Bonchev–Trinajstić information content (AvgIpc) is 3.35. The molecule has 184 valence electrons. The average molecular weight is 517 g/mol. The summed E-state index contributed by atoms with van der Waals surface area (Å²) in [6.45, 7) is 8.67. The molecule has 7 heteroatoms. The van der Waals surface area contributed by atoms with E-state index in [2.05, 4.69) is 71.7 Å². The summed E-state index contributed by atoms with van der Waals surface area (Å²) in [6, 6.07) is 20.2. The maximum Gasteiger partial charge on any atom is 0.174 e. The number of ether oxygens (including phenoxy) is 1. The Hall–Kier alpha value is -3.35. The lowest BCUT2D eigenvalue weighted by atomic mass is 9.96. The monoisotopic (exact) mass is 516 g/mol. The van der Waals surface area contributed by atoms with Crippen molar-refractivity contribution in [2.75, 3.05) is 12.0 Å². The number of thiocarbonyl (C=S) groups is 1. The number of rotatable bonds is 5. The van der Waals surface area contributed by atoms with Gasteiger partial charge in [0.15, 0.2) is 5.11 Å². The zero-order valence-corrected chi connectivity index (χ0v) is 22.6. The van der Waals surface area contributed by atoms with Crippen molar-refractivity contribution in [2.45, 2.75) is 39.8 Å². The minimum atomic E-state index is -0.133. The highest BCUT2D eigenvalue weighted by atomic mass is 35.5. The van der Waals surface area contributed by atoms with E-state index in [1.807, 2.05) is 42.6 Å². The van der Waals surface area contributed by atoms with Crippen molar-refractivity contribution in [3.8, 4) is 11.4 Å². The number of nitrogens with zero attached hydrogens (tertiary/aromatic N) is 3. The second-order valence-corrected chi connectivity index (χ2v) is 10.0. The standard InChI is InChI=1S/C29H29ClN4OS/c1-17-9-8-10-18(2)27(17)33-19(3)15-22(20(33)4)28-26(24-11-6-7-14-31-24)32-29(36)34(28)21-12-13-25(35-5)23(30)16-21/h6-16,26,28H,1-5H3,(H,32,36)/t26-,28-/m0/s1. The molecule has 0 saturated carbocycles. The maximum absolute atomic E-state index is 6.55. The molecular weight excluding hydrogens is 488 g/mol. The van der Waals surface area contributed by atoms with E-state index >= 15 is 0 Å². The summed E-state index contributed by atoms with van der Waals surface area (Å²) in [6.07, 6.45) is 1.82. The molecule has 1 aliphatic heterocycles. The van der Waals surface area contributed by atoms with Crippen LogP contribution < -0.4 is 15.0 Å². The third kappa shape index (κ3) is 4.04. The largest absolute Gasteiger partial charge is 0.495 e. The van der Waals surface area contributed by atoms with Crippen molar-refractivity contribution in [2.24, 2.45) is 0 Å². The minimum Gasteiger partial charge on any atom is -0.495 e. The zero-order valence-electron chi connectivity index (χ0n) is 21.0. The van der Waals surface area contributed by atoms with Gasteiger partial charge in [-0.2, -0.15) is 0 Å². The predicted molar refractivity (Wildman–Crippen MR) is 151 cm³/mol. The quantitative estimate of drug-likeness (QED) is 0.291. The number of benzene rings is 2. The van der Waals surface area contributed by atoms with Gasteiger partial charge in [-0.3, -0.25) is 4.98 Å². The van der Waals surface area contributed by atoms with Gasteiger partial charge in [0.25, 0.3) is 0 Å². The molecule has 0 amide bonds. The molecule has 0 aliphatic carbocycles. The van der Waals surface area contributed by atoms with E-state index in [1.165, 1.54) is 33.8 Å². The molecular formula is C29H29ClN4OS. The lowest BCUT2D eigenvalue weighted by Gasteiger charge is -2.28. The fourth-order valence-corrected chi connectivity index (χ4v) is 5.94. The molecule has 5 nitrogen and oxygen atoms in total. The molecule has 36 heavy (non-hydrogen) atoms. The number of hydrogen-bond donors (Lipinski definition) is 1. The number of para-hydroxylation sites is 1. The van der Waals surface area contributed by atoms with Gasteiger partial charge in [0, 0.05) is 23.3 Å². The van der Waals surface area contributed by atoms with Crippen molar-refractivity contribution >= 4 is 34.6 Å². The second kappa shape index (κ2) is 9.60. The van der Waals surface area contributed by atoms with Crippen molar-refractivity contribution < 1.29 is 4.74 Å². The molecule has 5 rings (SSSR count). The summed E-state index contributed by atoms with van der Waals surface area (Å²) in [4.78, 5) is 6.84. The first-order valence-corrected chi connectivity index (χ1v) is 12.7. The van der Waals surface area contributed by atoms with Crippen molar-refractivity contribution in [1.29, 1.82) is 0 Å². The van der Waals surface area contributed by atoms with E-state index in [9.17, 15) is 0 Å². The number of aromatic nitrogens is 2. The van der Waals surface area contributed by atoms with Gasteiger partial charge < -0.3 is 19.5 Å². The summed E-state index contributed by atoms with van der Waals surface area (Å²) < 4.78 is 7.75. The first kappa shape index (κ1) is 24.3. The van der Waals surface area contributed by atoms with Gasteiger partial charge in [0.05, 0.1) is 35.6 Å². The molecule has 0 radical (unpaired) electrons. The Labute approximate surface area is 222 Å². The van der Waals surface area contributed by atoms with Gasteiger partial charge in [-0.25, -0.2) is 0 Å². The first-order chi connectivity index (χ1) is 17.3. The van der Waals surface area contributed by atoms with E-state index < -0.39 is 0 Å². The van der Waals surface area contributed by atoms with Gasteiger partial charge in [-0.05, 0) is 93.0 Å². The van der Waals surface area contributed by atoms with Crippen LogP contribution in [0.2, 0.25) is 5.02 Å². The molecule has 2 aromatic heterocycles. The fraction of sp³-hybridized carbons (Fsp3) is 0.241. The van der Waals surface area contributed by atoms with Crippen LogP contribution in [0, 0.1) is 27.7 Å². The number of halogens is 1. The summed E-state index contributed by atoms with van der Waals surface area (Å²) >= 11 is 12.5. The SMILES string of the molecule is COc1ccc(N2C(=S)N[C@@H](c3ccccn3)[C@@H]2c2cc(C)n(-c3c(C)cccc3C)c2C)cc1Cl. The van der Waals surface area contributed by atoms with Gasteiger partial charge >= 0.3 is 0 Å². The minimum absolute atomic E-state index is 0.124. The summed E-state index contributed by atoms with van der Waals surface area (Å²) in [5.41, 5.74) is 9.07. The predicted octanol–water partition coefficient (Wildman–Crippen LogP) is 6.95. The summed E-state index contributed by atoms with van der Waals surface area (Å²) in [5.74, 6) is 0.629. The molecule has 0 spiro atoms. The lowest BCUT2D eigenvalue weighted by Crippen LogP contribution is -2.29. The third-order valence-electron chi connectivity index (χ3n) is 6.96. The Morgan fingerprint density at radius 1 is 0.972 bits per heavy atom. The number of anilines is 1. The molecule has 1 fully saturated rings. The van der Waals surface area contributed by atoms with Crippen LogP contribution in [0.5, 0.6) is 5.75 Å². The molecule has 1 saturated heterocycles. The number of aryl methyl sites for hydroxylation is 3. The van der Waals surface area contributed by atoms with Crippen LogP contribution in [0.25, 0.3) is 5.69 Å². The van der Waals surface area contributed by atoms with Gasteiger partial charge in [-0.1, -0.05) is 35.9 Å². The van der Waals surface area contributed by atoms with E-state index in [0.717, 1.165) is 11.4 Å². The van der Waals surface area contributed by atoms with Gasteiger partial charge in [0.2, 0.25) is 0 Å². The van der Waals surface area contributed by atoms with E-state index in [1.54, 1.807) is 7.11 Å². The normalized spacial score (nSPS) is 17.4. The fourth-order valence-electron chi connectivity index (χ4n) is 5.34. The number of hydrogen-bond acceptors (Lipinski definition) is 3. The van der Waals surface area contributed by atoms with Gasteiger partial charge in [-0.15, -0.1) is 0 Å². The second-order valence-electron chi connectivity index (χ2n) is 9.22. The molecule has 0 unspecified atom stereocenters. The van der Waals surface area contributed by atoms with E-state index in [-0.39, 0.29) is 12.1 Å². The molecule has 3 heterocycles. The Bertz CT molecular complexity index is 1430. The molecule has 4 aromatic rings. The molecule has 0 bridgehead atoms. The van der Waals surface area contributed by atoms with E-state index in [4.69, 9.17) is 28.6 Å². The summed E-state index contributed by atoms with van der Waals surface area (Å²) in [7, 11) is 1.62. The number of nitrogens with one attached hydrogen (secondary N) is 1. The smallest absolute Gasteiger partial charge is 0.174 e. The number of methoxy groups -OCH3 is 1. The van der Waals surface area contributed by atoms with Crippen molar-refractivity contribution in [1.82, 2.24) is 14.9 Å². The highest BCUT2D eigenvalue weighted by Crippen LogP contribution is 2.45. The molecule has 1 N–H and O–H groups in total. The van der Waals surface area contributed by atoms with Gasteiger partial charge in [0.1, 0.15) is 5.75 Å². The third-order valence-corrected chi connectivity index (χ3v) is 7.57.